The molecule has 3 heterocycles. The molecule has 0 spiro atoms. The normalized spacial score (nSPS) is 12.1. The molecule has 0 aliphatic rings. The number of benzene rings is 8. The maximum absolute atomic E-state index is 6.38. The number of hydrogen-bond acceptors (Lipinski definition) is 2. The molecule has 3 heteroatoms. The number of fused-ring (bicyclic) bond motifs is 10. The van der Waals surface area contributed by atoms with E-state index in [2.05, 4.69) is 150 Å². The lowest BCUT2D eigenvalue weighted by Gasteiger charge is -2.19. The quantitative estimate of drug-likeness (QED) is 0.183. The minimum Gasteiger partial charge on any atom is -0.460 e. The first-order valence-electron chi connectivity index (χ1n) is 16.7. The van der Waals surface area contributed by atoms with Gasteiger partial charge in [-0.05, 0) is 86.3 Å². The summed E-state index contributed by atoms with van der Waals surface area (Å²) in [5.41, 5.74) is 10.8. The molecule has 0 aliphatic heterocycles. The van der Waals surface area contributed by atoms with Crippen LogP contribution < -0.4 is 0 Å². The van der Waals surface area contributed by atoms with Gasteiger partial charge in [-0.25, -0.2) is 0 Å². The first-order chi connectivity index (χ1) is 24.3. The molecule has 0 amide bonds. The highest BCUT2D eigenvalue weighted by Gasteiger charge is 2.24. The van der Waals surface area contributed by atoms with Crippen LogP contribution in [0.1, 0.15) is 0 Å². The maximum Gasteiger partial charge on any atom is 0.178 e. The van der Waals surface area contributed by atoms with E-state index >= 15 is 0 Å². The van der Waals surface area contributed by atoms with Gasteiger partial charge in [-0.1, -0.05) is 115 Å². The second kappa shape index (κ2) is 9.96. The zero-order valence-electron chi connectivity index (χ0n) is 26.4. The van der Waals surface area contributed by atoms with Crippen molar-refractivity contribution in [2.24, 2.45) is 0 Å². The molecule has 0 bridgehead atoms. The van der Waals surface area contributed by atoms with Gasteiger partial charge < -0.3 is 13.4 Å². The Balaban J connectivity index is 1.30. The Kier molecular flexibility index (Phi) is 5.38. The molecule has 0 unspecified atom stereocenters. The Morgan fingerprint density at radius 3 is 1.71 bits per heavy atom. The van der Waals surface area contributed by atoms with Gasteiger partial charge in [-0.2, -0.15) is 0 Å². The Hall–Kier alpha value is -6.58. The van der Waals surface area contributed by atoms with Crippen LogP contribution in [0.3, 0.4) is 0 Å². The van der Waals surface area contributed by atoms with E-state index in [9.17, 15) is 0 Å². The fraction of sp³-hybridized carbons (Fsp3) is 0. The summed E-state index contributed by atoms with van der Waals surface area (Å²) in [6.07, 6.45) is 1.78. The van der Waals surface area contributed by atoms with E-state index in [-0.39, 0.29) is 0 Å². The molecule has 3 aromatic heterocycles. The highest BCUT2D eigenvalue weighted by Crippen LogP contribution is 2.49. The average molecular weight is 626 g/mol. The van der Waals surface area contributed by atoms with Crippen LogP contribution in [0.5, 0.6) is 0 Å². The Bertz CT molecular complexity index is 3050. The minimum absolute atomic E-state index is 0.777. The molecule has 11 aromatic rings. The molecule has 0 saturated heterocycles. The third-order valence-corrected chi connectivity index (χ3v) is 10.3. The summed E-state index contributed by atoms with van der Waals surface area (Å²) >= 11 is 0. The molecule has 228 valence electrons. The van der Waals surface area contributed by atoms with E-state index in [1.165, 1.54) is 60.0 Å². The fourth-order valence-electron chi connectivity index (χ4n) is 8.30. The van der Waals surface area contributed by atoms with Gasteiger partial charge in [0.2, 0.25) is 0 Å². The van der Waals surface area contributed by atoms with E-state index in [1.54, 1.807) is 6.26 Å². The summed E-state index contributed by atoms with van der Waals surface area (Å²) in [5.74, 6) is 0. The zero-order chi connectivity index (χ0) is 32.1. The van der Waals surface area contributed by atoms with Crippen molar-refractivity contribution in [2.45, 2.75) is 0 Å². The molecule has 0 N–H and O–H groups in total. The summed E-state index contributed by atoms with van der Waals surface area (Å²) < 4.78 is 14.9. The molecule has 8 aromatic carbocycles. The van der Waals surface area contributed by atoms with Crippen molar-refractivity contribution >= 4 is 76.3 Å². The number of hydrogen-bond donors (Lipinski definition) is 0. The van der Waals surface area contributed by atoms with Crippen LogP contribution in [0.25, 0.3) is 104 Å². The minimum atomic E-state index is 0.777. The van der Waals surface area contributed by atoms with Gasteiger partial charge in [0.1, 0.15) is 5.58 Å². The lowest BCUT2D eigenvalue weighted by atomic mass is 9.84. The average Bonchev–Trinajstić information content (AvgIpc) is 3.88. The Morgan fingerprint density at radius 2 is 0.980 bits per heavy atom. The number of aromatic nitrogens is 1. The highest BCUT2D eigenvalue weighted by atomic mass is 16.4. The summed E-state index contributed by atoms with van der Waals surface area (Å²) in [5, 5.41) is 10.5. The summed E-state index contributed by atoms with van der Waals surface area (Å²) in [6, 6.07) is 56.6. The molecular weight excluding hydrogens is 599 g/mol. The van der Waals surface area contributed by atoms with Crippen molar-refractivity contribution < 1.29 is 8.83 Å². The summed E-state index contributed by atoms with van der Waals surface area (Å²) in [6.45, 7) is 0. The van der Waals surface area contributed by atoms with E-state index in [1.807, 2.05) is 12.1 Å². The van der Waals surface area contributed by atoms with Gasteiger partial charge in [0.05, 0.1) is 17.3 Å². The monoisotopic (exact) mass is 625 g/mol. The molecule has 0 radical (unpaired) electrons. The Morgan fingerprint density at radius 1 is 0.388 bits per heavy atom. The van der Waals surface area contributed by atoms with Gasteiger partial charge in [0, 0.05) is 32.6 Å². The van der Waals surface area contributed by atoms with Gasteiger partial charge in [0.15, 0.2) is 11.2 Å². The van der Waals surface area contributed by atoms with Crippen LogP contribution >= 0.6 is 0 Å². The van der Waals surface area contributed by atoms with Crippen molar-refractivity contribution in [1.29, 1.82) is 0 Å². The van der Waals surface area contributed by atoms with Crippen LogP contribution in [0.2, 0.25) is 0 Å². The molecule has 0 saturated carbocycles. The van der Waals surface area contributed by atoms with E-state index < -0.39 is 0 Å². The fourth-order valence-corrected chi connectivity index (χ4v) is 8.30. The molecule has 0 aliphatic carbocycles. The predicted molar refractivity (Wildman–Crippen MR) is 204 cm³/mol. The van der Waals surface area contributed by atoms with Crippen molar-refractivity contribution in [3.63, 3.8) is 0 Å². The lowest BCUT2D eigenvalue weighted by molar-refractivity contribution is 0.600. The lowest BCUT2D eigenvalue weighted by Crippen LogP contribution is -1.94. The van der Waals surface area contributed by atoms with Gasteiger partial charge in [0.25, 0.3) is 0 Å². The van der Waals surface area contributed by atoms with Gasteiger partial charge in [-0.15, -0.1) is 0 Å². The number of rotatable bonds is 3. The second-order valence-corrected chi connectivity index (χ2v) is 12.8. The largest absolute Gasteiger partial charge is 0.460 e. The number of nitrogens with zero attached hydrogens (tertiary/aromatic N) is 1. The van der Waals surface area contributed by atoms with Crippen molar-refractivity contribution in [2.75, 3.05) is 0 Å². The van der Waals surface area contributed by atoms with Crippen LogP contribution in [0.4, 0.5) is 0 Å². The van der Waals surface area contributed by atoms with Gasteiger partial charge in [-0.3, -0.25) is 0 Å². The Labute approximate surface area is 280 Å². The third kappa shape index (κ3) is 3.62. The van der Waals surface area contributed by atoms with Crippen LogP contribution in [-0.2, 0) is 0 Å². The molecular formula is C46H27NO2. The highest BCUT2D eigenvalue weighted by molar-refractivity contribution is 6.29. The van der Waals surface area contributed by atoms with E-state index in [0.29, 0.717) is 0 Å². The van der Waals surface area contributed by atoms with Crippen molar-refractivity contribution in [1.82, 2.24) is 4.57 Å². The second-order valence-electron chi connectivity index (χ2n) is 12.8. The first-order valence-corrected chi connectivity index (χ1v) is 16.7. The SMILES string of the molecule is c1ccc(-n2c3ccccc3c3c(-c4c5ccccc5c(-c5cc6c7ccccc7oc6c6occc56)c5ccccc45)cccc32)cc1. The van der Waals surface area contributed by atoms with Crippen LogP contribution in [-0.4, -0.2) is 4.57 Å². The standard InChI is InChI=1S/C46H27NO2/c1-2-13-28(14-3-1)47-39-22-10-8-20-35(39)44-36(21-12-23-40(44)47)42-30-16-4-6-18-32(30)43(33-19-7-5-17-31(33)42)37-27-38-29-15-9-11-24-41(29)49-46(38)45-34(37)25-26-48-45/h1-27H. The van der Waals surface area contributed by atoms with Crippen molar-refractivity contribution in [3.05, 3.63) is 164 Å². The number of furan rings is 2. The van der Waals surface area contributed by atoms with Crippen molar-refractivity contribution in [3.8, 4) is 27.9 Å². The smallest absolute Gasteiger partial charge is 0.178 e. The molecule has 3 nitrogen and oxygen atoms in total. The molecule has 0 fully saturated rings. The van der Waals surface area contributed by atoms with Crippen LogP contribution in [0, 0.1) is 0 Å². The first kappa shape index (κ1) is 26.5. The zero-order valence-corrected chi connectivity index (χ0v) is 26.4. The maximum atomic E-state index is 6.38. The van der Waals surface area contributed by atoms with Crippen LogP contribution in [0.15, 0.2) is 173 Å². The summed E-state index contributed by atoms with van der Waals surface area (Å²) in [4.78, 5) is 0. The van der Waals surface area contributed by atoms with E-state index in [0.717, 1.165) is 44.2 Å². The predicted octanol–water partition coefficient (Wildman–Crippen LogP) is 13.1. The topological polar surface area (TPSA) is 31.2 Å². The molecule has 49 heavy (non-hydrogen) atoms. The molecule has 0 atom stereocenters. The third-order valence-electron chi connectivity index (χ3n) is 10.3. The summed E-state index contributed by atoms with van der Waals surface area (Å²) in [7, 11) is 0. The van der Waals surface area contributed by atoms with E-state index in [4.69, 9.17) is 8.83 Å². The molecule has 11 rings (SSSR count). The number of para-hydroxylation sites is 3. The van der Waals surface area contributed by atoms with Gasteiger partial charge >= 0.3 is 0 Å².